The van der Waals surface area contributed by atoms with Crippen LogP contribution in [0.3, 0.4) is 0 Å². The van der Waals surface area contributed by atoms with Crippen molar-refractivity contribution >= 4 is 5.97 Å². The summed E-state index contributed by atoms with van der Waals surface area (Å²) in [7, 11) is 0. The zero-order valence-electron chi connectivity index (χ0n) is 12.1. The average molecular weight is 289 g/mol. The molecule has 4 nitrogen and oxygen atoms in total. The zero-order chi connectivity index (χ0) is 15.6. The Bertz CT molecular complexity index is 683. The number of hydrogen-bond acceptors (Lipinski definition) is 3. The van der Waals surface area contributed by atoms with Crippen LogP contribution in [0.5, 0.6) is 5.75 Å². The number of hydrogen-bond donors (Lipinski definition) is 1. The number of rotatable bonds is 4. The highest BCUT2D eigenvalue weighted by Gasteiger charge is 2.15. The molecule has 21 heavy (non-hydrogen) atoms. The van der Waals surface area contributed by atoms with Gasteiger partial charge in [0.1, 0.15) is 0 Å². The molecule has 0 aliphatic carbocycles. The molecule has 5 heteroatoms. The Morgan fingerprint density at radius 1 is 1.29 bits per heavy atom. The van der Waals surface area contributed by atoms with Crippen molar-refractivity contribution in [3.05, 3.63) is 47.4 Å². The molecule has 0 atom stereocenters. The first-order valence-electron chi connectivity index (χ1n) is 6.56. The summed E-state index contributed by atoms with van der Waals surface area (Å²) in [6.45, 7) is 5.36. The Labute approximate surface area is 122 Å². The van der Waals surface area contributed by atoms with Crippen LogP contribution in [0, 0.1) is 12.7 Å². The van der Waals surface area contributed by atoms with Crippen LogP contribution < -0.4 is 4.74 Å². The van der Waals surface area contributed by atoms with E-state index in [1.54, 1.807) is 32.9 Å². The van der Waals surface area contributed by atoms with Crippen molar-refractivity contribution in [2.45, 2.75) is 26.9 Å². The standard InChI is InChI=1S/C16H16FNO3/c1-9(2)21-14-7-5-11(8-13(14)17)15-12(16(19)20)6-4-10(3)18-15/h4-9H,1-3H3,(H,19,20). The van der Waals surface area contributed by atoms with Crippen molar-refractivity contribution < 1.29 is 19.0 Å². The highest BCUT2D eigenvalue weighted by molar-refractivity contribution is 5.94. The summed E-state index contributed by atoms with van der Waals surface area (Å²) in [5, 5.41) is 9.20. The van der Waals surface area contributed by atoms with E-state index < -0.39 is 11.8 Å². The summed E-state index contributed by atoms with van der Waals surface area (Å²) in [6.07, 6.45) is -0.142. The minimum Gasteiger partial charge on any atom is -0.488 e. The average Bonchev–Trinajstić information content (AvgIpc) is 2.40. The molecule has 1 N–H and O–H groups in total. The van der Waals surface area contributed by atoms with Crippen LogP contribution in [0.4, 0.5) is 4.39 Å². The van der Waals surface area contributed by atoms with Gasteiger partial charge in [-0.15, -0.1) is 0 Å². The topological polar surface area (TPSA) is 59.4 Å². The lowest BCUT2D eigenvalue weighted by Gasteiger charge is -2.12. The summed E-state index contributed by atoms with van der Waals surface area (Å²) < 4.78 is 19.4. The fourth-order valence-electron chi connectivity index (χ4n) is 1.95. The first kappa shape index (κ1) is 15.0. The Kier molecular flexibility index (Phi) is 4.21. The van der Waals surface area contributed by atoms with Gasteiger partial charge in [-0.2, -0.15) is 0 Å². The molecule has 1 aromatic heterocycles. The Morgan fingerprint density at radius 3 is 2.57 bits per heavy atom. The first-order chi connectivity index (χ1) is 9.88. The monoisotopic (exact) mass is 289 g/mol. The van der Waals surface area contributed by atoms with Crippen LogP contribution in [0.25, 0.3) is 11.3 Å². The number of carboxylic acids is 1. The molecule has 0 bridgehead atoms. The maximum Gasteiger partial charge on any atom is 0.337 e. The minimum absolute atomic E-state index is 0.0394. The summed E-state index contributed by atoms with van der Waals surface area (Å²) in [5.74, 6) is -1.50. The van der Waals surface area contributed by atoms with Gasteiger partial charge in [-0.05, 0) is 51.1 Å². The van der Waals surface area contributed by atoms with Crippen molar-refractivity contribution in [3.63, 3.8) is 0 Å². The number of ether oxygens (including phenoxy) is 1. The van der Waals surface area contributed by atoms with Crippen molar-refractivity contribution in [2.24, 2.45) is 0 Å². The third-order valence-electron chi connectivity index (χ3n) is 2.83. The first-order valence-corrected chi connectivity index (χ1v) is 6.56. The van der Waals surface area contributed by atoms with Gasteiger partial charge >= 0.3 is 5.97 Å². The molecule has 0 fully saturated rings. The molecule has 110 valence electrons. The number of carboxylic acid groups (broad SMARTS) is 1. The quantitative estimate of drug-likeness (QED) is 0.932. The lowest BCUT2D eigenvalue weighted by atomic mass is 10.0. The van der Waals surface area contributed by atoms with Crippen molar-refractivity contribution in [1.29, 1.82) is 0 Å². The minimum atomic E-state index is -1.10. The lowest BCUT2D eigenvalue weighted by molar-refractivity contribution is 0.0697. The lowest BCUT2D eigenvalue weighted by Crippen LogP contribution is -2.07. The van der Waals surface area contributed by atoms with E-state index in [0.29, 0.717) is 11.3 Å². The number of benzene rings is 1. The van der Waals surface area contributed by atoms with Crippen molar-refractivity contribution in [3.8, 4) is 17.0 Å². The van der Waals surface area contributed by atoms with Crippen LogP contribution in [0.2, 0.25) is 0 Å². The van der Waals surface area contributed by atoms with E-state index in [4.69, 9.17) is 4.74 Å². The van der Waals surface area contributed by atoms with Crippen molar-refractivity contribution in [2.75, 3.05) is 0 Å². The van der Waals surface area contributed by atoms with E-state index in [0.717, 1.165) is 0 Å². The molecule has 0 aliphatic heterocycles. The van der Waals surface area contributed by atoms with E-state index in [1.807, 2.05) is 0 Å². The number of carbonyl (C=O) groups is 1. The second-order valence-corrected chi connectivity index (χ2v) is 4.97. The predicted octanol–water partition coefficient (Wildman–Crippen LogP) is 3.68. The van der Waals surface area contributed by atoms with Crippen LogP contribution in [0.1, 0.15) is 29.9 Å². The molecule has 0 aliphatic rings. The number of aromatic carboxylic acids is 1. The maximum absolute atomic E-state index is 14.0. The van der Waals surface area contributed by atoms with E-state index >= 15 is 0 Å². The van der Waals surface area contributed by atoms with Gasteiger partial charge < -0.3 is 9.84 Å². The summed E-state index contributed by atoms with van der Waals surface area (Å²) in [6, 6.07) is 7.41. The second-order valence-electron chi connectivity index (χ2n) is 4.97. The number of aryl methyl sites for hydroxylation is 1. The second kappa shape index (κ2) is 5.91. The van der Waals surface area contributed by atoms with Gasteiger partial charge in [0.2, 0.25) is 0 Å². The molecule has 2 aromatic rings. The predicted molar refractivity (Wildman–Crippen MR) is 77.1 cm³/mol. The molecule has 1 aromatic carbocycles. The third-order valence-corrected chi connectivity index (χ3v) is 2.83. The summed E-state index contributed by atoms with van der Waals surface area (Å²) >= 11 is 0. The van der Waals surface area contributed by atoms with E-state index in [-0.39, 0.29) is 23.1 Å². The molecule has 0 saturated heterocycles. The van der Waals surface area contributed by atoms with Gasteiger partial charge in [-0.3, -0.25) is 4.98 Å². The summed E-state index contributed by atoms with van der Waals surface area (Å²) in [4.78, 5) is 15.5. The van der Waals surface area contributed by atoms with Gasteiger partial charge in [0.05, 0.1) is 17.4 Å². The smallest absolute Gasteiger partial charge is 0.337 e. The van der Waals surface area contributed by atoms with E-state index in [2.05, 4.69) is 4.98 Å². The van der Waals surface area contributed by atoms with Crippen LogP contribution in [0.15, 0.2) is 30.3 Å². The Morgan fingerprint density at radius 2 is 2.00 bits per heavy atom. The fraction of sp³-hybridized carbons (Fsp3) is 0.250. The number of aromatic nitrogens is 1. The van der Waals surface area contributed by atoms with Crippen molar-refractivity contribution in [1.82, 2.24) is 4.98 Å². The molecule has 0 unspecified atom stereocenters. The van der Waals surface area contributed by atoms with Gasteiger partial charge in [0.15, 0.2) is 11.6 Å². The summed E-state index contributed by atoms with van der Waals surface area (Å²) in [5.41, 5.74) is 1.36. The largest absolute Gasteiger partial charge is 0.488 e. The third kappa shape index (κ3) is 3.37. The Hall–Kier alpha value is -2.43. The Balaban J connectivity index is 2.50. The normalized spacial score (nSPS) is 10.7. The van der Waals surface area contributed by atoms with Crippen LogP contribution in [-0.4, -0.2) is 22.2 Å². The molecular formula is C16H16FNO3. The van der Waals surface area contributed by atoms with Gasteiger partial charge in [-0.25, -0.2) is 9.18 Å². The molecule has 0 radical (unpaired) electrons. The molecular weight excluding hydrogens is 273 g/mol. The SMILES string of the molecule is Cc1ccc(C(=O)O)c(-c2ccc(OC(C)C)c(F)c2)n1. The van der Waals surface area contributed by atoms with Crippen LogP contribution >= 0.6 is 0 Å². The molecule has 0 saturated carbocycles. The number of halogens is 1. The molecule has 0 amide bonds. The molecule has 2 rings (SSSR count). The number of pyridine rings is 1. The molecule has 0 spiro atoms. The zero-order valence-corrected chi connectivity index (χ0v) is 12.1. The highest BCUT2D eigenvalue weighted by Crippen LogP contribution is 2.27. The van der Waals surface area contributed by atoms with E-state index in [9.17, 15) is 14.3 Å². The number of nitrogens with zero attached hydrogens (tertiary/aromatic N) is 1. The van der Waals surface area contributed by atoms with Gasteiger partial charge in [-0.1, -0.05) is 0 Å². The van der Waals surface area contributed by atoms with Gasteiger partial charge in [0.25, 0.3) is 0 Å². The molecule has 1 heterocycles. The maximum atomic E-state index is 14.0. The van der Waals surface area contributed by atoms with E-state index in [1.165, 1.54) is 18.2 Å². The highest BCUT2D eigenvalue weighted by atomic mass is 19.1. The van der Waals surface area contributed by atoms with Crippen LogP contribution in [-0.2, 0) is 0 Å². The van der Waals surface area contributed by atoms with Gasteiger partial charge in [0, 0.05) is 11.3 Å². The fourth-order valence-corrected chi connectivity index (χ4v) is 1.95.